The number of nitrogens with one attached hydrogen (secondary N) is 1. The summed E-state index contributed by atoms with van der Waals surface area (Å²) in [6, 6.07) is -0.872. The summed E-state index contributed by atoms with van der Waals surface area (Å²) in [5, 5.41) is 3.45. The molecule has 10 nitrogen and oxygen atoms in total. The average Bonchev–Trinajstić information content (AvgIpc) is 3.47. The number of hydrogen-bond donors (Lipinski definition) is 1. The third-order valence-electron chi connectivity index (χ3n) is 10.3. The highest BCUT2D eigenvalue weighted by Crippen LogP contribution is 2.34. The van der Waals surface area contributed by atoms with Gasteiger partial charge in [-0.25, -0.2) is 9.59 Å². The number of ketones is 2. The number of amides is 1. The van der Waals surface area contributed by atoms with Crippen molar-refractivity contribution in [1.29, 1.82) is 0 Å². The van der Waals surface area contributed by atoms with Crippen molar-refractivity contribution in [2.24, 2.45) is 17.8 Å². The number of piperidine rings is 2. The molecule has 0 aliphatic carbocycles. The highest BCUT2D eigenvalue weighted by atomic mass is 16.6. The number of carbonyl (C=O) groups excluding carboxylic acids is 5. The van der Waals surface area contributed by atoms with Crippen molar-refractivity contribution in [3.8, 4) is 0 Å². The fraction of sp³-hybridized carbons (Fsp3) is 0.750. The van der Waals surface area contributed by atoms with Crippen LogP contribution in [0.5, 0.6) is 0 Å². The summed E-state index contributed by atoms with van der Waals surface area (Å²) in [7, 11) is 0. The van der Waals surface area contributed by atoms with Crippen LogP contribution < -0.4 is 5.32 Å². The number of ether oxygens (including phenoxy) is 3. The first-order valence-corrected chi connectivity index (χ1v) is 17.4. The van der Waals surface area contributed by atoms with Crippen molar-refractivity contribution in [2.75, 3.05) is 26.2 Å². The Hall–Kier alpha value is -2.85. The minimum absolute atomic E-state index is 0.0791. The minimum Gasteiger partial charge on any atom is -0.463 e. The first-order valence-electron chi connectivity index (χ1n) is 17.4. The molecule has 3 saturated heterocycles. The van der Waals surface area contributed by atoms with Crippen LogP contribution in [0, 0.1) is 17.8 Å². The van der Waals surface area contributed by atoms with E-state index < -0.39 is 47.5 Å². The molecule has 3 fully saturated rings. The van der Waals surface area contributed by atoms with Crippen LogP contribution in [0.4, 0.5) is 0 Å². The fourth-order valence-corrected chi connectivity index (χ4v) is 7.25. The van der Waals surface area contributed by atoms with Gasteiger partial charge in [-0.05, 0) is 109 Å². The van der Waals surface area contributed by atoms with Crippen LogP contribution in [0.3, 0.4) is 0 Å². The van der Waals surface area contributed by atoms with Gasteiger partial charge in [-0.1, -0.05) is 24.6 Å². The predicted octanol–water partition coefficient (Wildman–Crippen LogP) is 4.64. The van der Waals surface area contributed by atoms with E-state index in [0.29, 0.717) is 50.9 Å². The van der Waals surface area contributed by atoms with Gasteiger partial charge in [0.15, 0.2) is 6.10 Å². The zero-order valence-corrected chi connectivity index (χ0v) is 28.1. The molecule has 0 aromatic heterocycles. The Morgan fingerprint density at radius 1 is 1.02 bits per heavy atom. The Morgan fingerprint density at radius 2 is 1.83 bits per heavy atom. The van der Waals surface area contributed by atoms with E-state index >= 15 is 0 Å². The molecule has 0 aromatic rings. The van der Waals surface area contributed by atoms with Crippen LogP contribution in [-0.4, -0.2) is 84.4 Å². The van der Waals surface area contributed by atoms with Gasteiger partial charge in [-0.3, -0.25) is 14.4 Å². The molecular formula is C36H54N2O8. The van der Waals surface area contributed by atoms with Crippen molar-refractivity contribution in [2.45, 2.75) is 128 Å². The lowest BCUT2D eigenvalue weighted by atomic mass is 9.86. The SMILES string of the molecule is C=CCC1/C=C(\C)CCOC(=O)C2CC[C@@](C)(O2)C(=O)C(=O)N2CCCC[C@H]2C(=O)OC(CCC2CCCNC2)C(C)CCC1=O. The molecular weight excluding hydrogens is 588 g/mol. The quantitative estimate of drug-likeness (QED) is 0.259. The lowest BCUT2D eigenvalue weighted by molar-refractivity contribution is -0.171. The van der Waals surface area contributed by atoms with Gasteiger partial charge in [0.1, 0.15) is 23.5 Å². The third kappa shape index (κ3) is 9.37. The molecule has 4 aliphatic rings. The van der Waals surface area contributed by atoms with Crippen molar-refractivity contribution in [3.63, 3.8) is 0 Å². The molecule has 46 heavy (non-hydrogen) atoms. The highest BCUT2D eigenvalue weighted by molar-refractivity contribution is 6.39. The maximum Gasteiger partial charge on any atom is 0.335 e. The fourth-order valence-electron chi connectivity index (χ4n) is 7.25. The van der Waals surface area contributed by atoms with Gasteiger partial charge in [0, 0.05) is 25.3 Å². The van der Waals surface area contributed by atoms with Gasteiger partial charge in [-0.15, -0.1) is 6.58 Å². The topological polar surface area (TPSA) is 128 Å². The molecule has 0 radical (unpaired) electrons. The van der Waals surface area contributed by atoms with E-state index in [1.165, 1.54) is 11.8 Å². The zero-order valence-electron chi connectivity index (χ0n) is 28.1. The van der Waals surface area contributed by atoms with Gasteiger partial charge in [0.25, 0.3) is 11.7 Å². The van der Waals surface area contributed by atoms with Crippen molar-refractivity contribution in [1.82, 2.24) is 10.2 Å². The molecule has 0 saturated carbocycles. The molecule has 4 aliphatic heterocycles. The number of carbonyl (C=O) groups is 5. The molecule has 1 N–H and O–H groups in total. The molecule has 0 spiro atoms. The van der Waals surface area contributed by atoms with E-state index in [1.807, 2.05) is 19.9 Å². The van der Waals surface area contributed by atoms with E-state index in [1.54, 1.807) is 6.08 Å². The number of nitrogens with zero attached hydrogens (tertiary/aromatic N) is 1. The Morgan fingerprint density at radius 3 is 2.57 bits per heavy atom. The smallest absolute Gasteiger partial charge is 0.335 e. The summed E-state index contributed by atoms with van der Waals surface area (Å²) in [5.74, 6) is -2.44. The van der Waals surface area contributed by atoms with Crippen molar-refractivity contribution in [3.05, 3.63) is 24.3 Å². The van der Waals surface area contributed by atoms with E-state index in [2.05, 4.69) is 11.9 Å². The van der Waals surface area contributed by atoms with Crippen LogP contribution in [0.1, 0.15) is 104 Å². The average molecular weight is 643 g/mol. The van der Waals surface area contributed by atoms with Crippen LogP contribution in [-0.2, 0) is 38.2 Å². The van der Waals surface area contributed by atoms with Gasteiger partial charge < -0.3 is 24.4 Å². The number of Topliss-reactive ketones (excluding diaryl/α,β-unsaturated/α-hetero) is 2. The molecule has 1 amide bonds. The number of fused-ring (bicyclic) bond motifs is 3. The molecule has 2 bridgehead atoms. The maximum absolute atomic E-state index is 13.8. The molecule has 4 heterocycles. The largest absolute Gasteiger partial charge is 0.463 e. The molecule has 5 unspecified atom stereocenters. The second-order valence-electron chi connectivity index (χ2n) is 14.0. The molecule has 7 atom stereocenters. The predicted molar refractivity (Wildman–Crippen MR) is 173 cm³/mol. The molecule has 0 aromatic carbocycles. The lowest BCUT2D eigenvalue weighted by Crippen LogP contribution is -2.55. The van der Waals surface area contributed by atoms with E-state index in [4.69, 9.17) is 14.2 Å². The third-order valence-corrected chi connectivity index (χ3v) is 10.3. The number of allylic oxidation sites excluding steroid dienone is 2. The summed E-state index contributed by atoms with van der Waals surface area (Å²) in [4.78, 5) is 68.7. The standard InChI is InChI=1S/C36H54N2O8/c1-5-9-27-22-24(2)17-21-44-35(43)31-16-18-36(4,46-31)32(40)33(41)38-20-7-6-11-28(38)34(42)45-30(25(3)12-14-29(27)39)15-13-26-10-8-19-37-23-26/h5,22,25-28,30-31,37H,1,6-21,23H2,2-4H3/b24-22+/t25?,26?,27?,28-,30?,31?,36+/m0/s1. The molecule has 256 valence electrons. The Kier molecular flexibility index (Phi) is 13.2. The lowest BCUT2D eigenvalue weighted by Gasteiger charge is -2.37. The van der Waals surface area contributed by atoms with E-state index in [-0.39, 0.29) is 43.6 Å². The summed E-state index contributed by atoms with van der Waals surface area (Å²) in [6.45, 7) is 11.7. The van der Waals surface area contributed by atoms with E-state index in [9.17, 15) is 24.0 Å². The summed E-state index contributed by atoms with van der Waals surface area (Å²) in [5.41, 5.74) is -0.556. The Labute approximate surface area is 274 Å². The zero-order chi connectivity index (χ0) is 33.3. The minimum atomic E-state index is -1.48. The van der Waals surface area contributed by atoms with Gasteiger partial charge in [-0.2, -0.15) is 0 Å². The van der Waals surface area contributed by atoms with Gasteiger partial charge in [0.2, 0.25) is 0 Å². The van der Waals surface area contributed by atoms with Gasteiger partial charge >= 0.3 is 11.9 Å². The normalized spacial score (nSPS) is 35.7. The Balaban J connectivity index is 1.59. The van der Waals surface area contributed by atoms with Crippen LogP contribution in [0.15, 0.2) is 24.3 Å². The Bertz CT molecular complexity index is 1160. The first kappa shape index (κ1) is 36.0. The second kappa shape index (κ2) is 16.8. The second-order valence-corrected chi connectivity index (χ2v) is 14.0. The van der Waals surface area contributed by atoms with E-state index in [0.717, 1.165) is 44.3 Å². The summed E-state index contributed by atoms with van der Waals surface area (Å²) >= 11 is 0. The first-order chi connectivity index (χ1) is 22.0. The van der Waals surface area contributed by atoms with Gasteiger partial charge in [0.05, 0.1) is 6.61 Å². The number of rotatable bonds is 5. The molecule has 4 rings (SSSR count). The summed E-state index contributed by atoms with van der Waals surface area (Å²) < 4.78 is 17.6. The number of hydrogen-bond acceptors (Lipinski definition) is 9. The van der Waals surface area contributed by atoms with Crippen molar-refractivity contribution < 1.29 is 38.2 Å². The van der Waals surface area contributed by atoms with Crippen LogP contribution >= 0.6 is 0 Å². The van der Waals surface area contributed by atoms with Crippen LogP contribution in [0.25, 0.3) is 0 Å². The molecule has 10 heteroatoms. The number of esters is 2. The van der Waals surface area contributed by atoms with Crippen LogP contribution in [0.2, 0.25) is 0 Å². The monoisotopic (exact) mass is 642 g/mol. The number of cyclic esters (lactones) is 2. The maximum atomic E-state index is 13.8. The highest BCUT2D eigenvalue weighted by Gasteiger charge is 2.50. The van der Waals surface area contributed by atoms with Crippen molar-refractivity contribution >= 4 is 29.4 Å². The summed E-state index contributed by atoms with van der Waals surface area (Å²) in [6.07, 6.45) is 10.2.